The fourth-order valence-electron chi connectivity index (χ4n) is 1.28. The van der Waals surface area contributed by atoms with Gasteiger partial charge < -0.3 is 5.73 Å². The van der Waals surface area contributed by atoms with E-state index in [9.17, 15) is 0 Å². The summed E-state index contributed by atoms with van der Waals surface area (Å²) in [6.45, 7) is 0. The number of nitrogens with zero attached hydrogens (tertiary/aromatic N) is 1. The number of benzene rings is 1. The van der Waals surface area contributed by atoms with E-state index >= 15 is 0 Å². The van der Waals surface area contributed by atoms with Crippen molar-refractivity contribution in [1.29, 1.82) is 0 Å². The van der Waals surface area contributed by atoms with Crippen LogP contribution < -0.4 is 5.73 Å². The van der Waals surface area contributed by atoms with Crippen molar-refractivity contribution in [1.82, 2.24) is 4.98 Å². The van der Waals surface area contributed by atoms with Crippen molar-refractivity contribution in [3.05, 3.63) is 52.6 Å². The number of halogens is 1. The molecule has 0 saturated carbocycles. The van der Waals surface area contributed by atoms with E-state index in [1.54, 1.807) is 18.0 Å². The van der Waals surface area contributed by atoms with Gasteiger partial charge in [-0.05, 0) is 42.0 Å². The predicted molar refractivity (Wildman–Crippen MR) is 72.4 cm³/mol. The first-order valence-corrected chi connectivity index (χ1v) is 6.61. The van der Waals surface area contributed by atoms with Crippen molar-refractivity contribution in [2.75, 3.05) is 5.73 Å². The van der Waals surface area contributed by atoms with Gasteiger partial charge in [-0.3, -0.25) is 0 Å². The van der Waals surface area contributed by atoms with Crippen molar-refractivity contribution >= 4 is 33.5 Å². The smallest absolute Gasteiger partial charge is 0.123 e. The van der Waals surface area contributed by atoms with E-state index in [4.69, 9.17) is 5.73 Å². The fraction of sp³-hybridized carbons (Fsp3) is 0.0833. The van der Waals surface area contributed by atoms with Crippen molar-refractivity contribution in [3.63, 3.8) is 0 Å². The molecular formula is C12H11BrN2S. The molecular weight excluding hydrogens is 284 g/mol. The lowest BCUT2D eigenvalue weighted by Crippen LogP contribution is -1.90. The second-order valence-corrected chi connectivity index (χ2v) is 5.30. The maximum absolute atomic E-state index is 5.62. The Morgan fingerprint density at radius 1 is 1.19 bits per heavy atom. The van der Waals surface area contributed by atoms with Gasteiger partial charge in [-0.15, -0.1) is 11.8 Å². The van der Waals surface area contributed by atoms with Gasteiger partial charge in [0, 0.05) is 21.3 Å². The van der Waals surface area contributed by atoms with E-state index in [1.165, 1.54) is 10.5 Å². The molecule has 0 fully saturated rings. The second kappa shape index (κ2) is 5.37. The summed E-state index contributed by atoms with van der Waals surface area (Å²) < 4.78 is 1.10. The standard InChI is InChI=1S/C12H11BrN2S/c13-10-1-3-11(4-2-10)16-8-9-5-6-15-12(14)7-9/h1-7H,8H2,(H2,14,15). The number of nitrogens with two attached hydrogens (primary N) is 1. The molecule has 2 rings (SSSR count). The Bertz CT molecular complexity index is 471. The molecule has 4 heteroatoms. The zero-order valence-corrected chi connectivity index (χ0v) is 11.0. The highest BCUT2D eigenvalue weighted by molar-refractivity contribution is 9.10. The molecule has 82 valence electrons. The lowest BCUT2D eigenvalue weighted by Gasteiger charge is -2.02. The van der Waals surface area contributed by atoms with Crippen LogP contribution in [0.4, 0.5) is 5.82 Å². The van der Waals surface area contributed by atoms with Crippen LogP contribution in [0.5, 0.6) is 0 Å². The van der Waals surface area contributed by atoms with Crippen LogP contribution in [0.1, 0.15) is 5.56 Å². The molecule has 0 aliphatic heterocycles. The molecule has 0 amide bonds. The highest BCUT2D eigenvalue weighted by atomic mass is 79.9. The number of nitrogen functional groups attached to an aromatic ring is 1. The average molecular weight is 295 g/mol. The number of thioether (sulfide) groups is 1. The van der Waals surface area contributed by atoms with Gasteiger partial charge in [0.25, 0.3) is 0 Å². The van der Waals surface area contributed by atoms with E-state index in [0.29, 0.717) is 5.82 Å². The average Bonchev–Trinajstić information content (AvgIpc) is 2.28. The van der Waals surface area contributed by atoms with Gasteiger partial charge in [0.05, 0.1) is 0 Å². The van der Waals surface area contributed by atoms with Gasteiger partial charge in [0.2, 0.25) is 0 Å². The molecule has 2 nitrogen and oxygen atoms in total. The lowest BCUT2D eigenvalue weighted by molar-refractivity contribution is 1.28. The second-order valence-electron chi connectivity index (χ2n) is 3.33. The van der Waals surface area contributed by atoms with Crippen LogP contribution in [0, 0.1) is 0 Å². The minimum Gasteiger partial charge on any atom is -0.384 e. The Balaban J connectivity index is 1.99. The molecule has 1 aromatic heterocycles. The van der Waals surface area contributed by atoms with Gasteiger partial charge >= 0.3 is 0 Å². The van der Waals surface area contributed by atoms with Gasteiger partial charge in [-0.1, -0.05) is 15.9 Å². The maximum atomic E-state index is 5.62. The third-order valence-electron chi connectivity index (χ3n) is 2.06. The molecule has 0 saturated heterocycles. The Labute approximate surface area is 107 Å². The van der Waals surface area contributed by atoms with E-state index in [2.05, 4.69) is 33.0 Å². The number of pyridine rings is 1. The van der Waals surface area contributed by atoms with Crippen LogP contribution in [-0.4, -0.2) is 4.98 Å². The van der Waals surface area contributed by atoms with Crippen molar-refractivity contribution in [2.45, 2.75) is 10.6 Å². The van der Waals surface area contributed by atoms with Gasteiger partial charge in [-0.2, -0.15) is 0 Å². The van der Waals surface area contributed by atoms with E-state index in [-0.39, 0.29) is 0 Å². The van der Waals surface area contributed by atoms with Crippen LogP contribution in [0.3, 0.4) is 0 Å². The summed E-state index contributed by atoms with van der Waals surface area (Å²) in [5.41, 5.74) is 6.82. The van der Waals surface area contributed by atoms with Crippen LogP contribution in [-0.2, 0) is 5.75 Å². The fourth-order valence-corrected chi connectivity index (χ4v) is 2.39. The number of hydrogen-bond acceptors (Lipinski definition) is 3. The summed E-state index contributed by atoms with van der Waals surface area (Å²) in [6, 6.07) is 12.2. The number of aromatic nitrogens is 1. The van der Waals surface area contributed by atoms with Crippen LogP contribution in [0.15, 0.2) is 52.0 Å². The molecule has 0 aliphatic carbocycles. The van der Waals surface area contributed by atoms with Crippen LogP contribution >= 0.6 is 27.7 Å². The summed E-state index contributed by atoms with van der Waals surface area (Å²) in [4.78, 5) is 5.22. The molecule has 1 aromatic carbocycles. The zero-order valence-electron chi connectivity index (χ0n) is 8.56. The molecule has 2 aromatic rings. The monoisotopic (exact) mass is 294 g/mol. The Morgan fingerprint density at radius 2 is 1.94 bits per heavy atom. The highest BCUT2D eigenvalue weighted by Gasteiger charge is 1.97. The number of rotatable bonds is 3. The molecule has 2 N–H and O–H groups in total. The molecule has 0 radical (unpaired) electrons. The van der Waals surface area contributed by atoms with Gasteiger partial charge in [0.1, 0.15) is 5.82 Å². The van der Waals surface area contributed by atoms with Gasteiger partial charge in [0.15, 0.2) is 0 Å². The zero-order chi connectivity index (χ0) is 11.4. The van der Waals surface area contributed by atoms with Crippen LogP contribution in [0.25, 0.3) is 0 Å². The third kappa shape index (κ3) is 3.25. The first kappa shape index (κ1) is 11.5. The lowest BCUT2D eigenvalue weighted by atomic mass is 10.3. The summed E-state index contributed by atoms with van der Waals surface area (Å²) in [5.74, 6) is 1.49. The van der Waals surface area contributed by atoms with E-state index in [1.807, 2.05) is 24.3 Å². The molecule has 0 spiro atoms. The normalized spacial score (nSPS) is 10.3. The van der Waals surface area contributed by atoms with Crippen LogP contribution in [0.2, 0.25) is 0 Å². The quantitative estimate of drug-likeness (QED) is 0.877. The number of anilines is 1. The maximum Gasteiger partial charge on any atom is 0.123 e. The largest absolute Gasteiger partial charge is 0.384 e. The topological polar surface area (TPSA) is 38.9 Å². The summed E-state index contributed by atoms with van der Waals surface area (Å²) >= 11 is 5.20. The predicted octanol–water partition coefficient (Wildman–Crippen LogP) is 3.72. The molecule has 16 heavy (non-hydrogen) atoms. The molecule has 1 heterocycles. The highest BCUT2D eigenvalue weighted by Crippen LogP contribution is 2.24. The Kier molecular flexibility index (Phi) is 3.85. The number of hydrogen-bond donors (Lipinski definition) is 1. The third-order valence-corrected chi connectivity index (χ3v) is 3.68. The molecule has 0 aliphatic rings. The van der Waals surface area contributed by atoms with Crippen molar-refractivity contribution in [3.8, 4) is 0 Å². The Morgan fingerprint density at radius 3 is 2.62 bits per heavy atom. The SMILES string of the molecule is Nc1cc(CSc2ccc(Br)cc2)ccn1. The first-order valence-electron chi connectivity index (χ1n) is 4.83. The molecule has 0 bridgehead atoms. The van der Waals surface area contributed by atoms with Gasteiger partial charge in [-0.25, -0.2) is 4.98 Å². The Hall–Kier alpha value is -1.00. The minimum absolute atomic E-state index is 0.578. The minimum atomic E-state index is 0.578. The first-order chi connectivity index (χ1) is 7.74. The van der Waals surface area contributed by atoms with Crippen molar-refractivity contribution in [2.24, 2.45) is 0 Å². The van der Waals surface area contributed by atoms with E-state index < -0.39 is 0 Å². The summed E-state index contributed by atoms with van der Waals surface area (Å²) in [7, 11) is 0. The summed E-state index contributed by atoms with van der Waals surface area (Å²) in [6.07, 6.45) is 1.74. The molecule has 0 atom stereocenters. The molecule has 0 unspecified atom stereocenters. The van der Waals surface area contributed by atoms with Crippen molar-refractivity contribution < 1.29 is 0 Å². The van der Waals surface area contributed by atoms with E-state index in [0.717, 1.165) is 10.2 Å². The summed E-state index contributed by atoms with van der Waals surface area (Å²) in [5, 5.41) is 0.